The van der Waals surface area contributed by atoms with Crippen molar-refractivity contribution >= 4 is 11.9 Å². The number of ether oxygens (including phenoxy) is 3. The van der Waals surface area contributed by atoms with Gasteiger partial charge in [-0.15, -0.1) is 0 Å². The third-order valence-corrected chi connectivity index (χ3v) is 3.87. The summed E-state index contributed by atoms with van der Waals surface area (Å²) < 4.78 is 28.5. The van der Waals surface area contributed by atoms with Crippen molar-refractivity contribution in [2.24, 2.45) is 0 Å². The zero-order valence-corrected chi connectivity index (χ0v) is 15.3. The summed E-state index contributed by atoms with van der Waals surface area (Å²) in [5.74, 6) is -0.120. The Kier molecular flexibility index (Phi) is 7.61. The molecule has 144 valence electrons. The summed E-state index contributed by atoms with van der Waals surface area (Å²) in [6.45, 7) is 0.173. The minimum absolute atomic E-state index is 0.0537. The molecule has 7 heteroatoms. The maximum Gasteiger partial charge on any atom is 0.307 e. The highest BCUT2D eigenvalue weighted by Gasteiger charge is 2.17. The number of carbonyl (C=O) groups excluding carboxylic acids is 2. The molecule has 0 atom stereocenters. The van der Waals surface area contributed by atoms with Crippen LogP contribution in [0.5, 0.6) is 11.5 Å². The van der Waals surface area contributed by atoms with Gasteiger partial charge < -0.3 is 19.1 Å². The Morgan fingerprint density at radius 3 is 2.30 bits per heavy atom. The largest absolute Gasteiger partial charge is 0.493 e. The summed E-state index contributed by atoms with van der Waals surface area (Å²) in [6, 6.07) is 12.8. The molecule has 0 saturated heterocycles. The monoisotopic (exact) mass is 375 g/mol. The predicted octanol–water partition coefficient (Wildman–Crippen LogP) is 2.81. The Morgan fingerprint density at radius 1 is 1.00 bits per heavy atom. The fraction of sp³-hybridized carbons (Fsp3) is 0.300. The first-order chi connectivity index (χ1) is 13.0. The lowest BCUT2D eigenvalue weighted by molar-refractivity contribution is -0.142. The smallest absolute Gasteiger partial charge is 0.307 e. The van der Waals surface area contributed by atoms with E-state index in [1.807, 2.05) is 0 Å². The molecule has 0 N–H and O–H groups in total. The standard InChI is InChI=1S/C20H22FNO5/c1-25-17-5-3-4-6-18(17)27-14-19(23)22(12-11-20(24)26-2)13-15-7-9-16(21)10-8-15/h3-10H,11-14H2,1-2H3. The molecular formula is C20H22FNO5. The second-order valence-corrected chi connectivity index (χ2v) is 5.71. The number of benzene rings is 2. The quantitative estimate of drug-likeness (QED) is 0.631. The molecule has 0 saturated carbocycles. The van der Waals surface area contributed by atoms with Crippen LogP contribution in [0.3, 0.4) is 0 Å². The SMILES string of the molecule is COC(=O)CCN(Cc1ccc(F)cc1)C(=O)COc1ccccc1OC. The summed E-state index contributed by atoms with van der Waals surface area (Å²) in [7, 11) is 2.81. The van der Waals surface area contributed by atoms with Gasteiger partial charge in [0, 0.05) is 13.1 Å². The summed E-state index contributed by atoms with van der Waals surface area (Å²) in [5, 5.41) is 0. The number of nitrogens with zero attached hydrogens (tertiary/aromatic N) is 1. The first kappa shape index (κ1) is 20.2. The molecule has 2 rings (SSSR count). The van der Waals surface area contributed by atoms with Gasteiger partial charge in [0.1, 0.15) is 5.82 Å². The molecular weight excluding hydrogens is 353 g/mol. The van der Waals surface area contributed by atoms with Gasteiger partial charge in [-0.25, -0.2) is 4.39 Å². The number of carbonyl (C=O) groups is 2. The second-order valence-electron chi connectivity index (χ2n) is 5.71. The summed E-state index contributed by atoms with van der Waals surface area (Å²) >= 11 is 0. The van der Waals surface area contributed by atoms with E-state index >= 15 is 0 Å². The molecule has 0 fully saturated rings. The highest BCUT2D eigenvalue weighted by molar-refractivity contribution is 5.78. The lowest BCUT2D eigenvalue weighted by atomic mass is 10.2. The first-order valence-corrected chi connectivity index (χ1v) is 8.38. The van der Waals surface area contributed by atoms with Crippen LogP contribution in [-0.4, -0.2) is 44.1 Å². The Morgan fingerprint density at radius 2 is 1.67 bits per heavy atom. The van der Waals surface area contributed by atoms with Gasteiger partial charge in [0.2, 0.25) is 0 Å². The van der Waals surface area contributed by atoms with E-state index in [4.69, 9.17) is 9.47 Å². The maximum absolute atomic E-state index is 13.1. The van der Waals surface area contributed by atoms with Gasteiger partial charge in [0.05, 0.1) is 20.6 Å². The second kappa shape index (κ2) is 10.2. The molecule has 1 amide bonds. The Hall–Kier alpha value is -3.09. The van der Waals surface area contributed by atoms with Crippen molar-refractivity contribution in [2.75, 3.05) is 27.4 Å². The van der Waals surface area contributed by atoms with Crippen molar-refractivity contribution in [1.82, 2.24) is 4.90 Å². The van der Waals surface area contributed by atoms with E-state index in [2.05, 4.69) is 4.74 Å². The van der Waals surface area contributed by atoms with E-state index in [0.29, 0.717) is 11.5 Å². The van der Waals surface area contributed by atoms with E-state index in [9.17, 15) is 14.0 Å². The van der Waals surface area contributed by atoms with Crippen LogP contribution >= 0.6 is 0 Å². The summed E-state index contributed by atoms with van der Waals surface area (Å²) in [6.07, 6.45) is 0.0537. The molecule has 0 spiro atoms. The van der Waals surface area contributed by atoms with Crippen molar-refractivity contribution in [1.29, 1.82) is 0 Å². The molecule has 0 heterocycles. The highest BCUT2D eigenvalue weighted by atomic mass is 19.1. The average Bonchev–Trinajstić information content (AvgIpc) is 2.70. The number of halogens is 1. The molecule has 0 aliphatic carbocycles. The molecule has 2 aromatic rings. The number of amides is 1. The van der Waals surface area contributed by atoms with Crippen LogP contribution in [0.1, 0.15) is 12.0 Å². The number of hydrogen-bond donors (Lipinski definition) is 0. The van der Waals surface area contributed by atoms with E-state index < -0.39 is 5.97 Å². The lowest BCUT2D eigenvalue weighted by Crippen LogP contribution is -2.36. The lowest BCUT2D eigenvalue weighted by Gasteiger charge is -2.23. The minimum Gasteiger partial charge on any atom is -0.493 e. The fourth-order valence-electron chi connectivity index (χ4n) is 2.40. The van der Waals surface area contributed by atoms with Crippen molar-refractivity contribution in [3.8, 4) is 11.5 Å². The molecule has 0 aliphatic heterocycles. The van der Waals surface area contributed by atoms with Crippen LogP contribution < -0.4 is 9.47 Å². The van der Waals surface area contributed by atoms with Gasteiger partial charge >= 0.3 is 5.97 Å². The third kappa shape index (κ3) is 6.29. The average molecular weight is 375 g/mol. The fourth-order valence-corrected chi connectivity index (χ4v) is 2.40. The molecule has 0 bridgehead atoms. The number of para-hydroxylation sites is 2. The maximum atomic E-state index is 13.1. The van der Waals surface area contributed by atoms with Crippen LogP contribution in [0.2, 0.25) is 0 Å². The van der Waals surface area contributed by atoms with Crippen molar-refractivity contribution in [3.05, 3.63) is 59.9 Å². The minimum atomic E-state index is -0.419. The molecule has 0 aliphatic rings. The van der Waals surface area contributed by atoms with Gasteiger partial charge in [-0.1, -0.05) is 24.3 Å². The van der Waals surface area contributed by atoms with Gasteiger partial charge in [-0.05, 0) is 29.8 Å². The molecule has 0 radical (unpaired) electrons. The Balaban J connectivity index is 2.04. The summed E-state index contributed by atoms with van der Waals surface area (Å²) in [5.41, 5.74) is 0.743. The van der Waals surface area contributed by atoms with Crippen LogP contribution in [-0.2, 0) is 20.9 Å². The van der Waals surface area contributed by atoms with Crippen LogP contribution in [0.25, 0.3) is 0 Å². The molecule has 2 aromatic carbocycles. The molecule has 0 unspecified atom stereocenters. The van der Waals surface area contributed by atoms with Crippen LogP contribution in [0.4, 0.5) is 4.39 Å². The molecule has 0 aromatic heterocycles. The van der Waals surface area contributed by atoms with E-state index in [-0.39, 0.29) is 37.8 Å². The number of rotatable bonds is 9. The molecule has 27 heavy (non-hydrogen) atoms. The van der Waals surface area contributed by atoms with Gasteiger partial charge in [-0.2, -0.15) is 0 Å². The molecule has 6 nitrogen and oxygen atoms in total. The number of methoxy groups -OCH3 is 2. The normalized spacial score (nSPS) is 10.2. The van der Waals surface area contributed by atoms with Gasteiger partial charge in [0.15, 0.2) is 18.1 Å². The predicted molar refractivity (Wildman–Crippen MR) is 96.9 cm³/mol. The summed E-state index contributed by atoms with van der Waals surface area (Å²) in [4.78, 5) is 25.5. The van der Waals surface area contributed by atoms with Crippen LogP contribution in [0, 0.1) is 5.82 Å². The van der Waals surface area contributed by atoms with Gasteiger partial charge in [0.25, 0.3) is 5.91 Å². The van der Waals surface area contributed by atoms with E-state index in [1.54, 1.807) is 36.4 Å². The van der Waals surface area contributed by atoms with Crippen molar-refractivity contribution < 1.29 is 28.2 Å². The number of esters is 1. The highest BCUT2D eigenvalue weighted by Crippen LogP contribution is 2.25. The Labute approximate surface area is 157 Å². The zero-order valence-electron chi connectivity index (χ0n) is 15.3. The van der Waals surface area contributed by atoms with Crippen LogP contribution in [0.15, 0.2) is 48.5 Å². The van der Waals surface area contributed by atoms with Crippen molar-refractivity contribution in [2.45, 2.75) is 13.0 Å². The van der Waals surface area contributed by atoms with E-state index in [1.165, 1.54) is 31.3 Å². The third-order valence-electron chi connectivity index (χ3n) is 3.87. The first-order valence-electron chi connectivity index (χ1n) is 8.38. The van der Waals surface area contributed by atoms with Gasteiger partial charge in [-0.3, -0.25) is 9.59 Å². The number of hydrogen-bond acceptors (Lipinski definition) is 5. The topological polar surface area (TPSA) is 65.1 Å². The zero-order chi connectivity index (χ0) is 19.6. The Bertz CT molecular complexity index is 763. The van der Waals surface area contributed by atoms with E-state index in [0.717, 1.165) is 5.56 Å². The van der Waals surface area contributed by atoms with Crippen molar-refractivity contribution in [3.63, 3.8) is 0 Å².